The van der Waals surface area contributed by atoms with E-state index in [2.05, 4.69) is 26.1 Å². The van der Waals surface area contributed by atoms with E-state index < -0.39 is 5.60 Å². The largest absolute Gasteiger partial charge is 0.389 e. The van der Waals surface area contributed by atoms with Gasteiger partial charge < -0.3 is 10.4 Å². The summed E-state index contributed by atoms with van der Waals surface area (Å²) in [7, 11) is 0. The second-order valence-corrected chi connectivity index (χ2v) is 8.43. The fourth-order valence-electron chi connectivity index (χ4n) is 4.09. The molecule has 2 heteroatoms. The molecule has 0 heterocycles. The summed E-state index contributed by atoms with van der Waals surface area (Å²) in [5.74, 6) is 0.868. The molecule has 2 atom stereocenters. The molecule has 0 amide bonds. The maximum Gasteiger partial charge on any atom is 0.0771 e. The fourth-order valence-corrected chi connectivity index (χ4v) is 4.09. The third kappa shape index (κ3) is 4.73. The molecule has 0 aromatic carbocycles. The monoisotopic (exact) mass is 281 g/mol. The first kappa shape index (κ1) is 16.3. The zero-order valence-electron chi connectivity index (χ0n) is 13.9. The number of aliphatic hydroxyl groups is 1. The van der Waals surface area contributed by atoms with Crippen molar-refractivity contribution in [1.82, 2.24) is 5.32 Å². The molecule has 2 N–H and O–H groups in total. The zero-order chi connectivity index (χ0) is 14.6. The average molecular weight is 281 g/mol. The SMILES string of the molecule is CC(C)(C)C1CCCC(NCC2(O)CCCCC2)CC1. The van der Waals surface area contributed by atoms with Gasteiger partial charge in [-0.15, -0.1) is 0 Å². The Balaban J connectivity index is 1.76. The first-order valence-electron chi connectivity index (χ1n) is 8.85. The van der Waals surface area contributed by atoms with Crippen LogP contribution in [0.15, 0.2) is 0 Å². The van der Waals surface area contributed by atoms with Crippen LogP contribution >= 0.6 is 0 Å². The number of nitrogens with one attached hydrogen (secondary N) is 1. The molecule has 2 nitrogen and oxygen atoms in total. The highest BCUT2D eigenvalue weighted by atomic mass is 16.3. The van der Waals surface area contributed by atoms with E-state index in [1.165, 1.54) is 51.4 Å². The van der Waals surface area contributed by atoms with Gasteiger partial charge in [-0.05, 0) is 49.9 Å². The van der Waals surface area contributed by atoms with E-state index in [1.807, 2.05) is 0 Å². The van der Waals surface area contributed by atoms with Crippen molar-refractivity contribution in [3.8, 4) is 0 Å². The molecule has 0 aromatic rings. The van der Waals surface area contributed by atoms with Gasteiger partial charge in [-0.3, -0.25) is 0 Å². The van der Waals surface area contributed by atoms with Crippen LogP contribution in [0.4, 0.5) is 0 Å². The van der Waals surface area contributed by atoms with Crippen LogP contribution in [0.5, 0.6) is 0 Å². The molecule has 20 heavy (non-hydrogen) atoms. The van der Waals surface area contributed by atoms with E-state index in [4.69, 9.17) is 0 Å². The summed E-state index contributed by atoms with van der Waals surface area (Å²) < 4.78 is 0. The Morgan fingerprint density at radius 2 is 1.65 bits per heavy atom. The van der Waals surface area contributed by atoms with Crippen LogP contribution in [-0.2, 0) is 0 Å². The molecule has 2 fully saturated rings. The summed E-state index contributed by atoms with van der Waals surface area (Å²) in [6.45, 7) is 7.97. The molecular weight excluding hydrogens is 246 g/mol. The summed E-state index contributed by atoms with van der Waals surface area (Å²) in [5.41, 5.74) is 0.0461. The summed E-state index contributed by atoms with van der Waals surface area (Å²) in [6.07, 6.45) is 12.4. The highest BCUT2D eigenvalue weighted by molar-refractivity contribution is 4.87. The lowest BCUT2D eigenvalue weighted by Crippen LogP contribution is -2.45. The Morgan fingerprint density at radius 1 is 0.950 bits per heavy atom. The van der Waals surface area contributed by atoms with Crippen LogP contribution in [0, 0.1) is 11.3 Å². The zero-order valence-corrected chi connectivity index (χ0v) is 13.9. The van der Waals surface area contributed by atoms with Gasteiger partial charge in [-0.25, -0.2) is 0 Å². The van der Waals surface area contributed by atoms with Gasteiger partial charge in [-0.1, -0.05) is 46.5 Å². The molecular formula is C18H35NO. The molecule has 0 saturated heterocycles. The van der Waals surface area contributed by atoms with Gasteiger partial charge in [0.1, 0.15) is 0 Å². The Morgan fingerprint density at radius 3 is 2.30 bits per heavy atom. The molecule has 0 radical (unpaired) electrons. The minimum atomic E-state index is -0.409. The van der Waals surface area contributed by atoms with Gasteiger partial charge in [0.15, 0.2) is 0 Å². The standard InChI is InChI=1S/C18H35NO/c1-17(2,3)15-8-7-9-16(11-10-15)19-14-18(20)12-5-4-6-13-18/h15-16,19-20H,4-14H2,1-3H3. The van der Waals surface area contributed by atoms with E-state index in [9.17, 15) is 5.11 Å². The van der Waals surface area contributed by atoms with Crippen LogP contribution in [-0.4, -0.2) is 23.3 Å². The molecule has 2 saturated carbocycles. The van der Waals surface area contributed by atoms with Crippen molar-refractivity contribution in [2.24, 2.45) is 11.3 Å². The quantitative estimate of drug-likeness (QED) is 0.757. The number of hydrogen-bond acceptors (Lipinski definition) is 2. The summed E-state index contributed by atoms with van der Waals surface area (Å²) in [4.78, 5) is 0. The fraction of sp³-hybridized carbons (Fsp3) is 1.00. The average Bonchev–Trinajstić information content (AvgIpc) is 2.62. The topological polar surface area (TPSA) is 32.3 Å². The molecule has 2 aliphatic rings. The Hall–Kier alpha value is -0.0800. The Kier molecular flexibility index (Phi) is 5.53. The third-order valence-corrected chi connectivity index (χ3v) is 5.70. The lowest BCUT2D eigenvalue weighted by molar-refractivity contribution is 0.00220. The summed E-state index contributed by atoms with van der Waals surface area (Å²) in [6, 6.07) is 0.633. The summed E-state index contributed by atoms with van der Waals surface area (Å²) >= 11 is 0. The van der Waals surface area contributed by atoms with Crippen LogP contribution in [0.3, 0.4) is 0 Å². The molecule has 2 aliphatic carbocycles. The maximum absolute atomic E-state index is 10.6. The number of hydrogen-bond donors (Lipinski definition) is 2. The van der Waals surface area contributed by atoms with Crippen molar-refractivity contribution in [2.75, 3.05) is 6.54 Å². The molecule has 0 aliphatic heterocycles. The van der Waals surface area contributed by atoms with Crippen LogP contribution in [0.2, 0.25) is 0 Å². The van der Waals surface area contributed by atoms with E-state index in [-0.39, 0.29) is 0 Å². The van der Waals surface area contributed by atoms with Gasteiger partial charge in [-0.2, -0.15) is 0 Å². The Labute approximate surface area is 125 Å². The highest BCUT2D eigenvalue weighted by Gasteiger charge is 2.31. The van der Waals surface area contributed by atoms with Gasteiger partial charge >= 0.3 is 0 Å². The molecule has 118 valence electrons. The van der Waals surface area contributed by atoms with Gasteiger partial charge in [0.05, 0.1) is 5.60 Å². The second kappa shape index (κ2) is 6.79. The van der Waals surface area contributed by atoms with E-state index in [0.717, 1.165) is 25.3 Å². The first-order chi connectivity index (χ1) is 9.39. The lowest BCUT2D eigenvalue weighted by Gasteiger charge is -2.34. The minimum absolute atomic E-state index is 0.409. The third-order valence-electron chi connectivity index (χ3n) is 5.70. The van der Waals surface area contributed by atoms with E-state index in [1.54, 1.807) is 0 Å². The highest BCUT2D eigenvalue weighted by Crippen LogP contribution is 2.37. The van der Waals surface area contributed by atoms with E-state index >= 15 is 0 Å². The normalized spacial score (nSPS) is 31.8. The van der Waals surface area contributed by atoms with Gasteiger partial charge in [0.25, 0.3) is 0 Å². The molecule has 2 rings (SSSR count). The van der Waals surface area contributed by atoms with Crippen molar-refractivity contribution < 1.29 is 5.11 Å². The summed E-state index contributed by atoms with van der Waals surface area (Å²) in [5, 5.41) is 14.3. The molecule has 2 unspecified atom stereocenters. The number of rotatable bonds is 3. The lowest BCUT2D eigenvalue weighted by atomic mass is 9.76. The predicted octanol–water partition coefficient (Wildman–Crippen LogP) is 4.27. The van der Waals surface area contributed by atoms with Crippen molar-refractivity contribution >= 4 is 0 Å². The van der Waals surface area contributed by atoms with Crippen molar-refractivity contribution in [2.45, 2.75) is 96.6 Å². The van der Waals surface area contributed by atoms with Gasteiger partial charge in [0.2, 0.25) is 0 Å². The van der Waals surface area contributed by atoms with Crippen molar-refractivity contribution in [1.29, 1.82) is 0 Å². The van der Waals surface area contributed by atoms with Crippen molar-refractivity contribution in [3.63, 3.8) is 0 Å². The minimum Gasteiger partial charge on any atom is -0.389 e. The van der Waals surface area contributed by atoms with Crippen molar-refractivity contribution in [3.05, 3.63) is 0 Å². The van der Waals surface area contributed by atoms with Gasteiger partial charge in [0, 0.05) is 12.6 Å². The second-order valence-electron chi connectivity index (χ2n) is 8.43. The Bertz CT molecular complexity index is 288. The van der Waals surface area contributed by atoms with E-state index in [0.29, 0.717) is 11.5 Å². The maximum atomic E-state index is 10.6. The molecule has 0 aromatic heterocycles. The molecule has 0 spiro atoms. The van der Waals surface area contributed by atoms with Crippen LogP contribution < -0.4 is 5.32 Å². The first-order valence-corrected chi connectivity index (χ1v) is 8.85. The smallest absolute Gasteiger partial charge is 0.0771 e. The predicted molar refractivity (Wildman–Crippen MR) is 85.9 cm³/mol. The van der Waals surface area contributed by atoms with Crippen LogP contribution in [0.25, 0.3) is 0 Å². The molecule has 0 bridgehead atoms. The van der Waals surface area contributed by atoms with Crippen LogP contribution in [0.1, 0.15) is 85.0 Å².